The smallest absolute Gasteiger partial charge is 0.132 e. The van der Waals surface area contributed by atoms with Crippen molar-refractivity contribution >= 4 is 15.9 Å². The standard InChI is InChI=1S/C8H11BrO2/c1-10-6-4-3-5-7(11-2)8(6)9/h4H,3,5H2,1-2H3. The van der Waals surface area contributed by atoms with Gasteiger partial charge in [-0.15, -0.1) is 0 Å². The van der Waals surface area contributed by atoms with Crippen molar-refractivity contribution in [1.82, 2.24) is 0 Å². The first kappa shape index (κ1) is 8.65. The minimum Gasteiger partial charge on any atom is -0.500 e. The Kier molecular flexibility index (Phi) is 3.00. The Morgan fingerprint density at radius 3 is 2.64 bits per heavy atom. The topological polar surface area (TPSA) is 18.5 Å². The van der Waals surface area contributed by atoms with Gasteiger partial charge in [0.2, 0.25) is 0 Å². The highest BCUT2D eigenvalue weighted by molar-refractivity contribution is 9.12. The summed E-state index contributed by atoms with van der Waals surface area (Å²) in [5.41, 5.74) is 0. The molecule has 0 spiro atoms. The normalized spacial score (nSPS) is 17.9. The summed E-state index contributed by atoms with van der Waals surface area (Å²) in [5.74, 6) is 1.83. The number of hydrogen-bond donors (Lipinski definition) is 0. The van der Waals surface area contributed by atoms with E-state index in [4.69, 9.17) is 9.47 Å². The first-order chi connectivity index (χ1) is 5.29. The van der Waals surface area contributed by atoms with Gasteiger partial charge in [0.25, 0.3) is 0 Å². The molecule has 3 heteroatoms. The molecule has 0 bridgehead atoms. The van der Waals surface area contributed by atoms with Crippen LogP contribution in [0.5, 0.6) is 0 Å². The van der Waals surface area contributed by atoms with Crippen molar-refractivity contribution < 1.29 is 9.47 Å². The van der Waals surface area contributed by atoms with E-state index in [9.17, 15) is 0 Å². The number of methoxy groups -OCH3 is 2. The fraction of sp³-hybridized carbons (Fsp3) is 0.500. The third-order valence-corrected chi connectivity index (χ3v) is 2.46. The first-order valence-corrected chi connectivity index (χ1v) is 4.26. The highest BCUT2D eigenvalue weighted by Gasteiger charge is 2.14. The van der Waals surface area contributed by atoms with E-state index in [0.29, 0.717) is 0 Å². The van der Waals surface area contributed by atoms with Crippen molar-refractivity contribution in [3.63, 3.8) is 0 Å². The molecule has 0 heterocycles. The lowest BCUT2D eigenvalue weighted by atomic mass is 10.1. The molecule has 0 atom stereocenters. The summed E-state index contributed by atoms with van der Waals surface area (Å²) < 4.78 is 11.2. The summed E-state index contributed by atoms with van der Waals surface area (Å²) >= 11 is 3.40. The molecule has 0 N–H and O–H groups in total. The van der Waals surface area contributed by atoms with E-state index >= 15 is 0 Å². The van der Waals surface area contributed by atoms with E-state index < -0.39 is 0 Å². The zero-order chi connectivity index (χ0) is 8.27. The van der Waals surface area contributed by atoms with Crippen molar-refractivity contribution in [2.75, 3.05) is 14.2 Å². The van der Waals surface area contributed by atoms with Crippen LogP contribution in [0.25, 0.3) is 0 Å². The third kappa shape index (κ3) is 1.77. The monoisotopic (exact) mass is 218 g/mol. The molecule has 1 aliphatic carbocycles. The molecular formula is C8H11BrO2. The lowest BCUT2D eigenvalue weighted by Gasteiger charge is -2.15. The minimum absolute atomic E-state index is 0.869. The van der Waals surface area contributed by atoms with Gasteiger partial charge in [-0.05, 0) is 28.4 Å². The maximum Gasteiger partial charge on any atom is 0.132 e. The summed E-state index contributed by atoms with van der Waals surface area (Å²) in [4.78, 5) is 0. The predicted molar refractivity (Wildman–Crippen MR) is 47.3 cm³/mol. The molecule has 0 fully saturated rings. The van der Waals surface area contributed by atoms with E-state index in [2.05, 4.69) is 15.9 Å². The van der Waals surface area contributed by atoms with Gasteiger partial charge in [-0.1, -0.05) is 0 Å². The molecule has 11 heavy (non-hydrogen) atoms. The van der Waals surface area contributed by atoms with Gasteiger partial charge < -0.3 is 9.47 Å². The molecule has 0 unspecified atom stereocenters. The van der Waals surface area contributed by atoms with Gasteiger partial charge >= 0.3 is 0 Å². The van der Waals surface area contributed by atoms with Crippen LogP contribution in [0.2, 0.25) is 0 Å². The fourth-order valence-corrected chi connectivity index (χ4v) is 1.72. The number of hydrogen-bond acceptors (Lipinski definition) is 2. The Labute approximate surface area is 75.0 Å². The van der Waals surface area contributed by atoms with Crippen molar-refractivity contribution in [3.8, 4) is 0 Å². The number of allylic oxidation sites excluding steroid dienone is 3. The molecule has 0 aliphatic heterocycles. The molecule has 0 aromatic carbocycles. The van der Waals surface area contributed by atoms with Crippen LogP contribution in [0.15, 0.2) is 22.1 Å². The van der Waals surface area contributed by atoms with Gasteiger partial charge in [-0.3, -0.25) is 0 Å². The number of rotatable bonds is 2. The SMILES string of the molecule is COC1=CCCC(OC)=C1Br. The van der Waals surface area contributed by atoms with Gasteiger partial charge in [0, 0.05) is 6.42 Å². The zero-order valence-electron chi connectivity index (χ0n) is 6.69. The molecule has 0 radical (unpaired) electrons. The Balaban J connectivity index is 2.83. The summed E-state index contributed by atoms with van der Waals surface area (Å²) in [6.07, 6.45) is 3.98. The van der Waals surface area contributed by atoms with Crippen LogP contribution >= 0.6 is 15.9 Å². The van der Waals surface area contributed by atoms with Gasteiger partial charge in [0.15, 0.2) is 0 Å². The number of ether oxygens (including phenoxy) is 2. The van der Waals surface area contributed by atoms with Crippen molar-refractivity contribution in [1.29, 1.82) is 0 Å². The van der Waals surface area contributed by atoms with Gasteiger partial charge in [0.1, 0.15) is 11.5 Å². The van der Waals surface area contributed by atoms with Crippen LogP contribution in [-0.2, 0) is 9.47 Å². The summed E-state index contributed by atoms with van der Waals surface area (Å²) in [7, 11) is 3.33. The van der Waals surface area contributed by atoms with Crippen LogP contribution in [-0.4, -0.2) is 14.2 Å². The van der Waals surface area contributed by atoms with Crippen molar-refractivity contribution in [2.24, 2.45) is 0 Å². The molecule has 0 aromatic rings. The quantitative estimate of drug-likeness (QED) is 0.710. The van der Waals surface area contributed by atoms with Crippen LogP contribution < -0.4 is 0 Å². The fourth-order valence-electron chi connectivity index (χ4n) is 1.04. The maximum absolute atomic E-state index is 5.15. The van der Waals surface area contributed by atoms with E-state index in [0.717, 1.165) is 28.8 Å². The average molecular weight is 219 g/mol. The second-order valence-electron chi connectivity index (χ2n) is 2.25. The highest BCUT2D eigenvalue weighted by atomic mass is 79.9. The van der Waals surface area contributed by atoms with Crippen molar-refractivity contribution in [2.45, 2.75) is 12.8 Å². The average Bonchev–Trinajstić information content (AvgIpc) is 2.05. The number of halogens is 1. The Morgan fingerprint density at radius 1 is 1.36 bits per heavy atom. The van der Waals surface area contributed by atoms with Gasteiger partial charge in [0.05, 0.1) is 18.7 Å². The molecule has 0 amide bonds. The van der Waals surface area contributed by atoms with Crippen molar-refractivity contribution in [3.05, 3.63) is 22.1 Å². The lowest BCUT2D eigenvalue weighted by Crippen LogP contribution is -2.00. The Morgan fingerprint density at radius 2 is 2.09 bits per heavy atom. The molecule has 0 aromatic heterocycles. The van der Waals surface area contributed by atoms with Crippen LogP contribution in [0.3, 0.4) is 0 Å². The van der Waals surface area contributed by atoms with E-state index in [-0.39, 0.29) is 0 Å². The Bertz CT molecular complexity index is 206. The largest absolute Gasteiger partial charge is 0.500 e. The van der Waals surface area contributed by atoms with Gasteiger partial charge in [-0.25, -0.2) is 0 Å². The second kappa shape index (κ2) is 3.81. The maximum atomic E-state index is 5.15. The summed E-state index contributed by atoms with van der Waals surface area (Å²) in [5, 5.41) is 0. The predicted octanol–water partition coefficient (Wildman–Crippen LogP) is 2.56. The third-order valence-electron chi connectivity index (χ3n) is 1.63. The summed E-state index contributed by atoms with van der Waals surface area (Å²) in [6.45, 7) is 0. The first-order valence-electron chi connectivity index (χ1n) is 3.46. The molecule has 2 nitrogen and oxygen atoms in total. The molecule has 0 saturated heterocycles. The second-order valence-corrected chi connectivity index (χ2v) is 3.05. The lowest BCUT2D eigenvalue weighted by molar-refractivity contribution is 0.256. The molecular weight excluding hydrogens is 208 g/mol. The summed E-state index contributed by atoms with van der Waals surface area (Å²) in [6, 6.07) is 0. The van der Waals surface area contributed by atoms with Crippen LogP contribution in [0.4, 0.5) is 0 Å². The van der Waals surface area contributed by atoms with E-state index in [1.54, 1.807) is 14.2 Å². The highest BCUT2D eigenvalue weighted by Crippen LogP contribution is 2.30. The molecule has 1 aliphatic rings. The van der Waals surface area contributed by atoms with Crippen LogP contribution in [0.1, 0.15) is 12.8 Å². The molecule has 62 valence electrons. The Hall–Kier alpha value is -0.440. The van der Waals surface area contributed by atoms with E-state index in [1.165, 1.54) is 0 Å². The zero-order valence-corrected chi connectivity index (χ0v) is 8.27. The van der Waals surface area contributed by atoms with Gasteiger partial charge in [-0.2, -0.15) is 0 Å². The molecule has 1 rings (SSSR count). The molecule has 0 saturated carbocycles. The van der Waals surface area contributed by atoms with Crippen LogP contribution in [0, 0.1) is 0 Å². The minimum atomic E-state index is 0.869. The van der Waals surface area contributed by atoms with E-state index in [1.807, 2.05) is 6.08 Å².